The molecule has 0 radical (unpaired) electrons. The number of nitrogens with one attached hydrogen (secondary N) is 2. The Morgan fingerprint density at radius 1 is 1.56 bits per heavy atom. The number of aryl methyl sites for hydroxylation is 1. The zero-order valence-electron chi connectivity index (χ0n) is 11.0. The van der Waals surface area contributed by atoms with Crippen LogP contribution in [0.15, 0.2) is 16.0 Å². The first-order valence-corrected chi connectivity index (χ1v) is 7.55. The standard InChI is InChI=1S/C13H21N3OS/c1-3-7-14-10-5-4-6-11(10)18-13-15-9(2)8-12(17)16-13/h8,10-11,14H,3-7H2,1-2H3,(H,15,16,17). The first-order valence-electron chi connectivity index (χ1n) is 6.67. The van der Waals surface area contributed by atoms with Gasteiger partial charge in [-0.2, -0.15) is 0 Å². The van der Waals surface area contributed by atoms with E-state index in [2.05, 4.69) is 22.2 Å². The van der Waals surface area contributed by atoms with Crippen LogP contribution in [0.4, 0.5) is 0 Å². The molecule has 1 aromatic rings. The lowest BCUT2D eigenvalue weighted by Crippen LogP contribution is -2.34. The van der Waals surface area contributed by atoms with Crippen molar-refractivity contribution in [2.45, 2.75) is 56.0 Å². The van der Waals surface area contributed by atoms with Crippen molar-refractivity contribution in [1.82, 2.24) is 15.3 Å². The van der Waals surface area contributed by atoms with E-state index in [-0.39, 0.29) is 5.56 Å². The van der Waals surface area contributed by atoms with Crippen molar-refractivity contribution in [3.63, 3.8) is 0 Å². The molecule has 5 heteroatoms. The van der Waals surface area contributed by atoms with Gasteiger partial charge in [-0.3, -0.25) is 4.79 Å². The van der Waals surface area contributed by atoms with Gasteiger partial charge in [0.25, 0.3) is 5.56 Å². The Hall–Kier alpha value is -0.810. The van der Waals surface area contributed by atoms with Crippen LogP contribution in [0.25, 0.3) is 0 Å². The molecule has 0 aromatic carbocycles. The highest BCUT2D eigenvalue weighted by Gasteiger charge is 2.28. The van der Waals surface area contributed by atoms with Crippen molar-refractivity contribution in [2.24, 2.45) is 0 Å². The second-order valence-corrected chi connectivity index (χ2v) is 6.07. The molecule has 1 heterocycles. The monoisotopic (exact) mass is 267 g/mol. The molecule has 0 aliphatic heterocycles. The minimum absolute atomic E-state index is 0.0546. The van der Waals surface area contributed by atoms with Gasteiger partial charge in [0, 0.05) is 23.1 Å². The van der Waals surface area contributed by atoms with Crippen LogP contribution in [0.2, 0.25) is 0 Å². The first kappa shape index (κ1) is 13.6. The fourth-order valence-electron chi connectivity index (χ4n) is 2.38. The van der Waals surface area contributed by atoms with Gasteiger partial charge in [-0.15, -0.1) is 0 Å². The lowest BCUT2D eigenvalue weighted by atomic mass is 10.2. The first-order chi connectivity index (χ1) is 8.69. The Kier molecular flexibility index (Phi) is 4.83. The number of H-pyrrole nitrogens is 1. The predicted octanol–water partition coefficient (Wildman–Crippen LogP) is 2.09. The van der Waals surface area contributed by atoms with E-state index in [1.165, 1.54) is 25.3 Å². The van der Waals surface area contributed by atoms with Crippen LogP contribution in [-0.2, 0) is 0 Å². The number of aromatic nitrogens is 2. The number of rotatable bonds is 5. The molecule has 1 aromatic heterocycles. The molecule has 4 nitrogen and oxygen atoms in total. The Balaban J connectivity index is 2.01. The van der Waals surface area contributed by atoms with Crippen LogP contribution >= 0.6 is 11.8 Å². The van der Waals surface area contributed by atoms with Crippen LogP contribution in [-0.4, -0.2) is 27.8 Å². The summed E-state index contributed by atoms with van der Waals surface area (Å²) in [5.74, 6) is 0. The molecule has 1 saturated carbocycles. The summed E-state index contributed by atoms with van der Waals surface area (Å²) >= 11 is 1.71. The molecule has 0 bridgehead atoms. The third-order valence-corrected chi connectivity index (χ3v) is 4.50. The quantitative estimate of drug-likeness (QED) is 0.802. The normalized spacial score (nSPS) is 23.4. The maximum Gasteiger partial charge on any atom is 0.251 e. The largest absolute Gasteiger partial charge is 0.313 e. The lowest BCUT2D eigenvalue weighted by molar-refractivity contribution is 0.530. The third kappa shape index (κ3) is 3.59. The molecule has 100 valence electrons. The van der Waals surface area contributed by atoms with Gasteiger partial charge >= 0.3 is 0 Å². The summed E-state index contributed by atoms with van der Waals surface area (Å²) in [5, 5.41) is 4.88. The van der Waals surface area contributed by atoms with Crippen molar-refractivity contribution >= 4 is 11.8 Å². The van der Waals surface area contributed by atoms with E-state index < -0.39 is 0 Å². The van der Waals surface area contributed by atoms with Gasteiger partial charge in [0.15, 0.2) is 5.16 Å². The maximum atomic E-state index is 11.4. The number of hydrogen-bond donors (Lipinski definition) is 2. The zero-order valence-corrected chi connectivity index (χ0v) is 11.8. The highest BCUT2D eigenvalue weighted by atomic mass is 32.2. The summed E-state index contributed by atoms with van der Waals surface area (Å²) in [6.45, 7) is 5.12. The summed E-state index contributed by atoms with van der Waals surface area (Å²) in [5.41, 5.74) is 0.735. The van der Waals surface area contributed by atoms with E-state index in [4.69, 9.17) is 0 Å². The van der Waals surface area contributed by atoms with Crippen LogP contribution < -0.4 is 10.9 Å². The molecule has 2 rings (SSSR count). The molecule has 0 saturated heterocycles. The van der Waals surface area contributed by atoms with Crippen molar-refractivity contribution < 1.29 is 0 Å². The van der Waals surface area contributed by atoms with Crippen LogP contribution in [0.3, 0.4) is 0 Å². The molecule has 1 aliphatic rings. The summed E-state index contributed by atoms with van der Waals surface area (Å²) in [4.78, 5) is 18.6. The highest BCUT2D eigenvalue weighted by Crippen LogP contribution is 2.33. The molecular weight excluding hydrogens is 246 g/mol. The molecule has 2 unspecified atom stereocenters. The minimum Gasteiger partial charge on any atom is -0.313 e. The van der Waals surface area contributed by atoms with Crippen molar-refractivity contribution in [2.75, 3.05) is 6.54 Å². The third-order valence-electron chi connectivity index (χ3n) is 3.22. The van der Waals surface area contributed by atoms with E-state index >= 15 is 0 Å². The summed E-state index contributed by atoms with van der Waals surface area (Å²) < 4.78 is 0. The number of nitrogens with zero attached hydrogens (tertiary/aromatic N) is 1. The minimum atomic E-state index is -0.0546. The Labute approximate surface area is 112 Å². The van der Waals surface area contributed by atoms with Crippen molar-refractivity contribution in [3.05, 3.63) is 22.1 Å². The molecule has 0 spiro atoms. The second-order valence-electron chi connectivity index (χ2n) is 4.84. The van der Waals surface area contributed by atoms with Crippen LogP contribution in [0.5, 0.6) is 0 Å². The molecule has 1 fully saturated rings. The smallest absolute Gasteiger partial charge is 0.251 e. The van der Waals surface area contributed by atoms with Gasteiger partial charge in [-0.1, -0.05) is 25.1 Å². The van der Waals surface area contributed by atoms with Gasteiger partial charge in [0.1, 0.15) is 0 Å². The number of thioether (sulfide) groups is 1. The molecule has 2 atom stereocenters. The fourth-order valence-corrected chi connectivity index (χ4v) is 3.71. The molecule has 1 aliphatic carbocycles. The SMILES string of the molecule is CCCNC1CCCC1Sc1nc(C)cc(=O)[nH]1. The molecule has 0 amide bonds. The molecule has 18 heavy (non-hydrogen) atoms. The Morgan fingerprint density at radius 3 is 3.11 bits per heavy atom. The Morgan fingerprint density at radius 2 is 2.39 bits per heavy atom. The van der Waals surface area contributed by atoms with Gasteiger partial charge < -0.3 is 10.3 Å². The average Bonchev–Trinajstić information content (AvgIpc) is 2.72. The number of hydrogen-bond acceptors (Lipinski definition) is 4. The van der Waals surface area contributed by atoms with Crippen molar-refractivity contribution in [1.29, 1.82) is 0 Å². The van der Waals surface area contributed by atoms with E-state index in [0.717, 1.165) is 23.8 Å². The summed E-state index contributed by atoms with van der Waals surface area (Å²) in [6.07, 6.45) is 4.85. The predicted molar refractivity (Wildman–Crippen MR) is 75.2 cm³/mol. The van der Waals surface area contributed by atoms with Gasteiger partial charge in [0.05, 0.1) is 0 Å². The van der Waals surface area contributed by atoms with Crippen LogP contribution in [0, 0.1) is 6.92 Å². The van der Waals surface area contributed by atoms with Gasteiger partial charge in [0.2, 0.25) is 0 Å². The Bertz CT molecular complexity index is 446. The van der Waals surface area contributed by atoms with Crippen molar-refractivity contribution in [3.8, 4) is 0 Å². The zero-order chi connectivity index (χ0) is 13.0. The van der Waals surface area contributed by atoms with E-state index in [1.807, 2.05) is 6.92 Å². The molecule has 2 N–H and O–H groups in total. The second kappa shape index (κ2) is 6.38. The summed E-state index contributed by atoms with van der Waals surface area (Å²) in [6, 6.07) is 2.09. The van der Waals surface area contributed by atoms with E-state index in [1.54, 1.807) is 11.8 Å². The van der Waals surface area contributed by atoms with E-state index in [9.17, 15) is 4.79 Å². The average molecular weight is 267 g/mol. The maximum absolute atomic E-state index is 11.4. The van der Waals surface area contributed by atoms with Gasteiger partial charge in [-0.05, 0) is 32.7 Å². The van der Waals surface area contributed by atoms with Gasteiger partial charge in [-0.25, -0.2) is 4.98 Å². The summed E-state index contributed by atoms with van der Waals surface area (Å²) in [7, 11) is 0. The van der Waals surface area contributed by atoms with E-state index in [0.29, 0.717) is 11.3 Å². The number of aromatic amines is 1. The topological polar surface area (TPSA) is 57.8 Å². The molecular formula is C13H21N3OS. The van der Waals surface area contributed by atoms with Crippen LogP contribution in [0.1, 0.15) is 38.3 Å². The lowest BCUT2D eigenvalue weighted by Gasteiger charge is -2.19. The highest BCUT2D eigenvalue weighted by molar-refractivity contribution is 7.99. The fraction of sp³-hybridized carbons (Fsp3) is 0.692.